The second-order valence-electron chi connectivity index (χ2n) is 4.07. The molecule has 0 aliphatic carbocycles. The number of anilines is 1. The van der Waals surface area contributed by atoms with Gasteiger partial charge < -0.3 is 5.32 Å². The Morgan fingerprint density at radius 1 is 1.11 bits per heavy atom. The van der Waals surface area contributed by atoms with Gasteiger partial charge in [-0.25, -0.2) is 0 Å². The second-order valence-corrected chi connectivity index (χ2v) is 4.07. The fourth-order valence-electron chi connectivity index (χ4n) is 2.18. The average Bonchev–Trinajstić information content (AvgIpc) is 2.45. The second kappa shape index (κ2) is 4.41. The summed E-state index contributed by atoms with van der Waals surface area (Å²) in [6.45, 7) is 0.506. The number of fused-ring (bicyclic) bond motifs is 3. The summed E-state index contributed by atoms with van der Waals surface area (Å²) in [5, 5.41) is 6.80. The highest BCUT2D eigenvalue weighted by Gasteiger charge is 2.23. The van der Waals surface area contributed by atoms with Gasteiger partial charge >= 0.3 is 0 Å². The summed E-state index contributed by atoms with van der Waals surface area (Å²) in [5.74, 6) is 0. The first kappa shape index (κ1) is 10.7. The molecule has 18 heavy (non-hydrogen) atoms. The van der Waals surface area contributed by atoms with Gasteiger partial charge in [-0.1, -0.05) is 18.2 Å². The SMILES string of the molecule is O=CNCC1=Cc2ccccc2N2C=CC=CN12. The predicted molar refractivity (Wildman–Crippen MR) is 71.1 cm³/mol. The molecule has 0 bridgehead atoms. The average molecular weight is 239 g/mol. The molecule has 0 radical (unpaired) electrons. The first-order valence-electron chi connectivity index (χ1n) is 5.80. The standard InChI is InChI=1S/C14H13N3O/c18-11-15-10-13-9-12-5-1-2-6-14(12)17-8-4-3-7-16(13)17/h1-9,11H,10H2,(H,15,18). The van der Waals surface area contributed by atoms with Crippen molar-refractivity contribution < 1.29 is 4.79 Å². The van der Waals surface area contributed by atoms with E-state index in [0.717, 1.165) is 23.4 Å². The summed E-state index contributed by atoms with van der Waals surface area (Å²) in [7, 11) is 0. The lowest BCUT2D eigenvalue weighted by Gasteiger charge is -2.40. The zero-order valence-electron chi connectivity index (χ0n) is 9.78. The van der Waals surface area contributed by atoms with E-state index in [4.69, 9.17) is 0 Å². The molecule has 2 aliphatic heterocycles. The van der Waals surface area contributed by atoms with E-state index in [-0.39, 0.29) is 0 Å². The van der Waals surface area contributed by atoms with Crippen LogP contribution in [0.3, 0.4) is 0 Å². The summed E-state index contributed by atoms with van der Waals surface area (Å²) in [6.07, 6.45) is 10.8. The number of amides is 1. The molecule has 1 aromatic carbocycles. The number of nitrogens with one attached hydrogen (secondary N) is 1. The highest BCUT2D eigenvalue weighted by atomic mass is 16.1. The Balaban J connectivity index is 2.04. The number of benzene rings is 1. The van der Waals surface area contributed by atoms with Crippen LogP contribution in [0.5, 0.6) is 0 Å². The third-order valence-electron chi connectivity index (χ3n) is 2.96. The lowest BCUT2D eigenvalue weighted by Crippen LogP contribution is -2.40. The van der Waals surface area contributed by atoms with Crippen LogP contribution in [0.1, 0.15) is 5.56 Å². The Morgan fingerprint density at radius 3 is 2.72 bits per heavy atom. The van der Waals surface area contributed by atoms with E-state index in [2.05, 4.69) is 28.5 Å². The maximum absolute atomic E-state index is 10.5. The molecule has 4 nitrogen and oxygen atoms in total. The van der Waals surface area contributed by atoms with Crippen molar-refractivity contribution >= 4 is 18.2 Å². The minimum absolute atomic E-state index is 0.506. The summed E-state index contributed by atoms with van der Waals surface area (Å²) in [5.41, 5.74) is 3.31. The molecule has 0 spiro atoms. The van der Waals surface area contributed by atoms with Gasteiger partial charge in [0.2, 0.25) is 6.41 Å². The van der Waals surface area contributed by atoms with E-state index in [1.165, 1.54) is 0 Å². The summed E-state index contributed by atoms with van der Waals surface area (Å²) >= 11 is 0. The molecule has 0 aromatic heterocycles. The molecule has 90 valence electrons. The van der Waals surface area contributed by atoms with Crippen molar-refractivity contribution in [2.24, 2.45) is 0 Å². The predicted octanol–water partition coefficient (Wildman–Crippen LogP) is 1.85. The number of para-hydroxylation sites is 1. The fraction of sp³-hybridized carbons (Fsp3) is 0.0714. The van der Waals surface area contributed by atoms with Crippen molar-refractivity contribution in [2.45, 2.75) is 0 Å². The molecule has 1 N–H and O–H groups in total. The van der Waals surface area contributed by atoms with Gasteiger partial charge in [0, 0.05) is 18.0 Å². The molecule has 2 heterocycles. The smallest absolute Gasteiger partial charge is 0.207 e. The fourth-order valence-corrected chi connectivity index (χ4v) is 2.18. The minimum atomic E-state index is 0.506. The van der Waals surface area contributed by atoms with Crippen LogP contribution in [-0.4, -0.2) is 18.0 Å². The molecule has 0 atom stereocenters. The van der Waals surface area contributed by atoms with E-state index >= 15 is 0 Å². The Bertz CT molecular complexity index is 560. The number of carbonyl (C=O) groups is 1. The number of rotatable bonds is 3. The lowest BCUT2D eigenvalue weighted by atomic mass is 10.1. The van der Waals surface area contributed by atoms with Crippen molar-refractivity contribution in [3.8, 4) is 0 Å². The number of hydrogen-bond acceptors (Lipinski definition) is 3. The summed E-state index contributed by atoms with van der Waals surface area (Å²) in [4.78, 5) is 10.5. The molecular weight excluding hydrogens is 226 g/mol. The van der Waals surface area contributed by atoms with Crippen LogP contribution in [0.15, 0.2) is 54.5 Å². The van der Waals surface area contributed by atoms with Crippen molar-refractivity contribution in [2.75, 3.05) is 11.6 Å². The van der Waals surface area contributed by atoms with Gasteiger partial charge in [-0.15, -0.1) is 0 Å². The third-order valence-corrected chi connectivity index (χ3v) is 2.96. The monoisotopic (exact) mass is 239 g/mol. The first-order valence-corrected chi connectivity index (χ1v) is 5.80. The molecule has 0 unspecified atom stereocenters. The van der Waals surface area contributed by atoms with Gasteiger partial charge in [-0.2, -0.15) is 0 Å². The number of carbonyl (C=O) groups excluding carboxylic acids is 1. The Labute approximate surface area is 105 Å². The van der Waals surface area contributed by atoms with E-state index in [1.54, 1.807) is 0 Å². The quantitative estimate of drug-likeness (QED) is 0.818. The van der Waals surface area contributed by atoms with Crippen LogP contribution < -0.4 is 10.3 Å². The molecule has 4 heteroatoms. The van der Waals surface area contributed by atoms with Crippen molar-refractivity contribution in [3.05, 3.63) is 60.1 Å². The molecule has 3 rings (SSSR count). The van der Waals surface area contributed by atoms with E-state index in [9.17, 15) is 4.79 Å². The zero-order valence-corrected chi connectivity index (χ0v) is 9.78. The zero-order chi connectivity index (χ0) is 12.4. The van der Waals surface area contributed by atoms with Crippen LogP contribution in [0, 0.1) is 0 Å². The normalized spacial score (nSPS) is 15.9. The molecule has 1 amide bonds. The van der Waals surface area contributed by atoms with Gasteiger partial charge in [0.05, 0.1) is 17.9 Å². The van der Waals surface area contributed by atoms with Crippen LogP contribution in [0.25, 0.3) is 6.08 Å². The first-order chi connectivity index (χ1) is 8.90. The van der Waals surface area contributed by atoms with Gasteiger partial charge in [-0.05, 0) is 24.3 Å². The Hall–Kier alpha value is -2.49. The van der Waals surface area contributed by atoms with Gasteiger partial charge in [0.1, 0.15) is 0 Å². The van der Waals surface area contributed by atoms with Crippen LogP contribution in [0.2, 0.25) is 0 Å². The molecule has 1 aromatic rings. The van der Waals surface area contributed by atoms with Crippen LogP contribution in [0.4, 0.5) is 5.69 Å². The van der Waals surface area contributed by atoms with E-state index in [0.29, 0.717) is 6.54 Å². The highest BCUT2D eigenvalue weighted by Crippen LogP contribution is 2.33. The van der Waals surface area contributed by atoms with Gasteiger partial charge in [-0.3, -0.25) is 14.8 Å². The number of hydrogen-bond donors (Lipinski definition) is 1. The highest BCUT2D eigenvalue weighted by molar-refractivity contribution is 5.74. The number of nitrogens with zero attached hydrogens (tertiary/aromatic N) is 2. The maximum Gasteiger partial charge on any atom is 0.207 e. The van der Waals surface area contributed by atoms with Crippen molar-refractivity contribution in [3.63, 3.8) is 0 Å². The lowest BCUT2D eigenvalue weighted by molar-refractivity contribution is -0.109. The van der Waals surface area contributed by atoms with E-state index < -0.39 is 0 Å². The topological polar surface area (TPSA) is 35.6 Å². The molecule has 0 saturated carbocycles. The molecule has 2 aliphatic rings. The maximum atomic E-state index is 10.5. The van der Waals surface area contributed by atoms with E-state index in [1.807, 2.05) is 41.7 Å². The Kier molecular flexibility index (Phi) is 2.61. The summed E-state index contributed by atoms with van der Waals surface area (Å²) < 4.78 is 0. The Morgan fingerprint density at radius 2 is 1.89 bits per heavy atom. The van der Waals surface area contributed by atoms with Crippen LogP contribution >= 0.6 is 0 Å². The van der Waals surface area contributed by atoms with Crippen LogP contribution in [-0.2, 0) is 4.79 Å². The van der Waals surface area contributed by atoms with Crippen molar-refractivity contribution in [1.82, 2.24) is 10.3 Å². The minimum Gasteiger partial charge on any atom is -0.353 e. The number of allylic oxidation sites excluding steroid dienone is 2. The number of hydrazine groups is 1. The molecule has 0 fully saturated rings. The molecular formula is C14H13N3O. The molecule has 0 saturated heterocycles. The largest absolute Gasteiger partial charge is 0.353 e. The van der Waals surface area contributed by atoms with Crippen molar-refractivity contribution in [1.29, 1.82) is 0 Å². The van der Waals surface area contributed by atoms with Gasteiger partial charge in [0.15, 0.2) is 0 Å². The third kappa shape index (κ3) is 1.68. The summed E-state index contributed by atoms with van der Waals surface area (Å²) in [6, 6.07) is 8.18. The van der Waals surface area contributed by atoms with Gasteiger partial charge in [0.25, 0.3) is 0 Å².